The highest BCUT2D eigenvalue weighted by atomic mass is 16.6. The molecular weight excluding hydrogens is 306 g/mol. The number of aldehydes is 1. The molecule has 0 spiro atoms. The minimum absolute atomic E-state index is 0.406. The summed E-state index contributed by atoms with van der Waals surface area (Å²) in [6.07, 6.45) is -2.21. The Hall–Kier alpha value is -2.12. The lowest BCUT2D eigenvalue weighted by molar-refractivity contribution is -0.147. The van der Waals surface area contributed by atoms with Crippen molar-refractivity contribution in [3.05, 3.63) is 0 Å². The molecule has 0 radical (unpaired) electrons. The first-order chi connectivity index (χ1) is 10.3. The summed E-state index contributed by atoms with van der Waals surface area (Å²) < 4.78 is 14.8. The summed E-state index contributed by atoms with van der Waals surface area (Å²) >= 11 is 0. The molecule has 0 saturated carbocycles. The van der Waals surface area contributed by atoms with Crippen LogP contribution in [0.2, 0.25) is 0 Å². The Bertz CT molecular complexity index is 431. The first-order valence-electron chi connectivity index (χ1n) is 7.09. The minimum Gasteiger partial charge on any atom is -0.467 e. The van der Waals surface area contributed by atoms with Gasteiger partial charge in [-0.25, -0.2) is 14.4 Å². The molecule has 8 nitrogen and oxygen atoms in total. The monoisotopic (exact) mass is 331 g/mol. The second-order valence-corrected chi connectivity index (χ2v) is 6.77. The summed E-state index contributed by atoms with van der Waals surface area (Å²) in [5, 5.41) is 0. The normalized spacial score (nSPS) is 12.8. The zero-order chi connectivity index (χ0) is 18.4. The van der Waals surface area contributed by atoms with Crippen LogP contribution in [0.25, 0.3) is 0 Å². The summed E-state index contributed by atoms with van der Waals surface area (Å²) in [6, 6.07) is -1.46. The first-order valence-corrected chi connectivity index (χ1v) is 7.09. The summed E-state index contributed by atoms with van der Waals surface area (Å²) in [6.45, 7) is 9.61. The summed E-state index contributed by atoms with van der Waals surface area (Å²) in [4.78, 5) is 47.7. The van der Waals surface area contributed by atoms with Crippen molar-refractivity contribution < 1.29 is 33.4 Å². The number of amides is 2. The second kappa shape index (κ2) is 7.94. The van der Waals surface area contributed by atoms with Gasteiger partial charge in [-0.15, -0.1) is 0 Å². The highest BCUT2D eigenvalue weighted by Gasteiger charge is 2.40. The standard InChI is InChI=1S/C15H25NO7/c1-14(2,3)22-12(19)16(13(20)23-15(4,5)6)10(8-9-17)11(18)21-7/h9-10H,8H2,1-7H3. The molecule has 0 aliphatic carbocycles. The highest BCUT2D eigenvalue weighted by Crippen LogP contribution is 2.18. The van der Waals surface area contributed by atoms with Gasteiger partial charge in [0.1, 0.15) is 17.5 Å². The van der Waals surface area contributed by atoms with E-state index in [2.05, 4.69) is 4.74 Å². The van der Waals surface area contributed by atoms with E-state index in [1.807, 2.05) is 0 Å². The zero-order valence-electron chi connectivity index (χ0n) is 14.7. The molecule has 0 aromatic heterocycles. The molecule has 0 aromatic carbocycles. The van der Waals surface area contributed by atoms with Crippen LogP contribution >= 0.6 is 0 Å². The van der Waals surface area contributed by atoms with E-state index < -0.39 is 41.8 Å². The van der Waals surface area contributed by atoms with Crippen molar-refractivity contribution in [3.8, 4) is 0 Å². The van der Waals surface area contributed by atoms with Gasteiger partial charge in [0.25, 0.3) is 0 Å². The first kappa shape index (κ1) is 20.9. The third-order valence-electron chi connectivity index (χ3n) is 2.28. The van der Waals surface area contributed by atoms with E-state index >= 15 is 0 Å². The van der Waals surface area contributed by atoms with E-state index in [1.165, 1.54) is 0 Å². The number of carbonyl (C=O) groups excluding carboxylic acids is 4. The molecule has 0 bridgehead atoms. The van der Waals surface area contributed by atoms with Crippen molar-refractivity contribution in [2.75, 3.05) is 7.11 Å². The van der Waals surface area contributed by atoms with Crippen LogP contribution in [0, 0.1) is 0 Å². The van der Waals surface area contributed by atoms with E-state index in [9.17, 15) is 19.2 Å². The Labute approximate surface area is 136 Å². The molecule has 0 fully saturated rings. The average molecular weight is 331 g/mol. The Morgan fingerprint density at radius 3 is 1.61 bits per heavy atom. The molecule has 23 heavy (non-hydrogen) atoms. The van der Waals surface area contributed by atoms with Crippen LogP contribution in [-0.4, -0.2) is 53.7 Å². The number of carbonyl (C=O) groups is 4. The van der Waals surface area contributed by atoms with Gasteiger partial charge in [-0.05, 0) is 41.5 Å². The van der Waals surface area contributed by atoms with Gasteiger partial charge >= 0.3 is 18.2 Å². The number of ether oxygens (including phenoxy) is 3. The largest absolute Gasteiger partial charge is 0.467 e. The Morgan fingerprint density at radius 2 is 1.35 bits per heavy atom. The SMILES string of the molecule is COC(=O)C(CC=O)N(C(=O)OC(C)(C)C)C(=O)OC(C)(C)C. The lowest BCUT2D eigenvalue weighted by Gasteiger charge is -2.31. The minimum atomic E-state index is -1.46. The van der Waals surface area contributed by atoms with Crippen molar-refractivity contribution in [1.82, 2.24) is 4.90 Å². The fourth-order valence-electron chi connectivity index (χ4n) is 1.49. The number of imide groups is 1. The maximum Gasteiger partial charge on any atom is 0.420 e. The van der Waals surface area contributed by atoms with Crippen molar-refractivity contribution in [3.63, 3.8) is 0 Å². The van der Waals surface area contributed by atoms with Crippen LogP contribution in [0.3, 0.4) is 0 Å². The maximum absolute atomic E-state index is 12.3. The fourth-order valence-corrected chi connectivity index (χ4v) is 1.49. The third kappa shape index (κ3) is 7.62. The number of rotatable bonds is 4. The summed E-state index contributed by atoms with van der Waals surface area (Å²) in [7, 11) is 1.09. The maximum atomic E-state index is 12.3. The molecule has 0 N–H and O–H groups in total. The quantitative estimate of drug-likeness (QED) is 0.442. The predicted molar refractivity (Wildman–Crippen MR) is 80.8 cm³/mol. The van der Waals surface area contributed by atoms with Gasteiger partial charge < -0.3 is 19.0 Å². The molecule has 0 saturated heterocycles. The van der Waals surface area contributed by atoms with Crippen molar-refractivity contribution >= 4 is 24.4 Å². The second-order valence-electron chi connectivity index (χ2n) is 6.77. The van der Waals surface area contributed by atoms with Crippen LogP contribution in [0.4, 0.5) is 9.59 Å². The predicted octanol–water partition coefficient (Wildman–Crippen LogP) is 2.29. The van der Waals surface area contributed by atoms with Crippen LogP contribution in [0.1, 0.15) is 48.0 Å². The lowest BCUT2D eigenvalue weighted by atomic mass is 10.2. The molecular formula is C15H25NO7. The van der Waals surface area contributed by atoms with E-state index in [0.29, 0.717) is 11.2 Å². The molecule has 0 heterocycles. The number of hydrogen-bond donors (Lipinski definition) is 0. The summed E-state index contributed by atoms with van der Waals surface area (Å²) in [5.41, 5.74) is -1.81. The van der Waals surface area contributed by atoms with Gasteiger partial charge in [0, 0.05) is 6.42 Å². The Balaban J connectivity index is 5.66. The number of hydrogen-bond acceptors (Lipinski definition) is 7. The van der Waals surface area contributed by atoms with Gasteiger partial charge in [0.05, 0.1) is 7.11 Å². The van der Waals surface area contributed by atoms with Gasteiger partial charge in [0.2, 0.25) is 0 Å². The number of nitrogens with zero attached hydrogens (tertiary/aromatic N) is 1. The van der Waals surface area contributed by atoms with Crippen molar-refractivity contribution in [2.24, 2.45) is 0 Å². The van der Waals surface area contributed by atoms with E-state index in [1.54, 1.807) is 41.5 Å². The zero-order valence-corrected chi connectivity index (χ0v) is 14.7. The van der Waals surface area contributed by atoms with Crippen molar-refractivity contribution in [1.29, 1.82) is 0 Å². The van der Waals surface area contributed by atoms with E-state index in [0.717, 1.165) is 7.11 Å². The Kier molecular flexibility index (Phi) is 7.21. The number of methoxy groups -OCH3 is 1. The molecule has 1 unspecified atom stereocenters. The smallest absolute Gasteiger partial charge is 0.420 e. The van der Waals surface area contributed by atoms with Gasteiger partial charge in [-0.1, -0.05) is 0 Å². The third-order valence-corrected chi connectivity index (χ3v) is 2.28. The topological polar surface area (TPSA) is 99.2 Å². The van der Waals surface area contributed by atoms with Crippen molar-refractivity contribution in [2.45, 2.75) is 65.2 Å². The Morgan fingerprint density at radius 1 is 0.957 bits per heavy atom. The van der Waals surface area contributed by atoms with Gasteiger partial charge in [-0.2, -0.15) is 4.90 Å². The van der Waals surface area contributed by atoms with E-state index in [-0.39, 0.29) is 0 Å². The molecule has 0 aromatic rings. The van der Waals surface area contributed by atoms with Crippen LogP contribution in [-0.2, 0) is 23.8 Å². The average Bonchev–Trinajstić information content (AvgIpc) is 2.32. The van der Waals surface area contributed by atoms with Crippen LogP contribution < -0.4 is 0 Å². The molecule has 1 atom stereocenters. The molecule has 132 valence electrons. The van der Waals surface area contributed by atoms with E-state index in [4.69, 9.17) is 9.47 Å². The molecule has 0 rings (SSSR count). The van der Waals surface area contributed by atoms with Gasteiger partial charge in [0.15, 0.2) is 6.04 Å². The highest BCUT2D eigenvalue weighted by molar-refractivity contribution is 5.95. The molecule has 0 aliphatic heterocycles. The summed E-state index contributed by atoms with van der Waals surface area (Å²) in [5.74, 6) is -0.922. The lowest BCUT2D eigenvalue weighted by Crippen LogP contribution is -2.52. The molecule has 8 heteroatoms. The molecule has 2 amide bonds. The van der Waals surface area contributed by atoms with Crippen LogP contribution in [0.15, 0.2) is 0 Å². The van der Waals surface area contributed by atoms with Gasteiger partial charge in [-0.3, -0.25) is 0 Å². The molecule has 0 aliphatic rings. The fraction of sp³-hybridized carbons (Fsp3) is 0.733. The van der Waals surface area contributed by atoms with Crippen LogP contribution in [0.5, 0.6) is 0 Å². The number of esters is 1.